The summed E-state index contributed by atoms with van der Waals surface area (Å²) in [6.07, 6.45) is 13.3. The Hall–Kier alpha value is -0.300. The van der Waals surface area contributed by atoms with Gasteiger partial charge in [0.25, 0.3) is 0 Å². The molecule has 172 valence electrons. The van der Waals surface area contributed by atoms with Crippen molar-refractivity contribution in [1.29, 1.82) is 0 Å². The molecule has 0 aromatic carbocycles. The third-order valence-corrected chi connectivity index (χ3v) is 12.2. The molecule has 1 heteroatoms. The van der Waals surface area contributed by atoms with Crippen LogP contribution in [0.3, 0.4) is 0 Å². The van der Waals surface area contributed by atoms with Gasteiger partial charge in [-0.1, -0.05) is 67.0 Å². The predicted molar refractivity (Wildman–Crippen MR) is 128 cm³/mol. The maximum absolute atomic E-state index is 10.1. The summed E-state index contributed by atoms with van der Waals surface area (Å²) in [4.78, 5) is 0. The fraction of sp³-hybridized carbons (Fsp3) is 0.931. The maximum atomic E-state index is 10.1. The monoisotopic (exact) mass is 414 g/mol. The molecule has 0 saturated heterocycles. The average molecular weight is 415 g/mol. The minimum Gasteiger partial charge on any atom is -0.396 e. The molecule has 0 aromatic heterocycles. The first kappa shape index (κ1) is 22.9. The summed E-state index contributed by atoms with van der Waals surface area (Å²) in [6, 6.07) is 0. The van der Waals surface area contributed by atoms with Crippen LogP contribution >= 0.6 is 0 Å². The van der Waals surface area contributed by atoms with Gasteiger partial charge < -0.3 is 5.11 Å². The zero-order valence-corrected chi connectivity index (χ0v) is 21.4. The van der Waals surface area contributed by atoms with Crippen molar-refractivity contribution in [2.45, 2.75) is 107 Å². The molecule has 0 bridgehead atoms. The predicted octanol–water partition coefficient (Wildman–Crippen LogP) is 7.88. The van der Waals surface area contributed by atoms with Crippen LogP contribution in [0.25, 0.3) is 0 Å². The van der Waals surface area contributed by atoms with E-state index >= 15 is 0 Å². The van der Waals surface area contributed by atoms with Gasteiger partial charge in [0.2, 0.25) is 0 Å². The molecule has 4 aliphatic carbocycles. The van der Waals surface area contributed by atoms with E-state index in [2.05, 4.69) is 61.5 Å². The molecule has 0 radical (unpaired) electrons. The summed E-state index contributed by atoms with van der Waals surface area (Å²) in [5.41, 5.74) is 3.35. The van der Waals surface area contributed by atoms with Gasteiger partial charge in [-0.25, -0.2) is 0 Å². The smallest absolute Gasteiger partial charge is 0.0436 e. The molecule has 9 atom stereocenters. The topological polar surface area (TPSA) is 20.2 Å². The Morgan fingerprint density at radius 1 is 1.00 bits per heavy atom. The standard InChI is InChI=1S/C29H50O/c1-19(2)22-12-14-29(8)24(27(22,6)17-18-30)10-9-23-25-21(4)20(3)11-13-26(25,5)15-16-28(23,29)7/h9,19-22,24-25,30H,10-18H2,1-8H3/t20-,21+,22+,24-,25-,26-,27+,28-,29-/m1/s1. The van der Waals surface area contributed by atoms with Gasteiger partial charge in [0.15, 0.2) is 0 Å². The highest BCUT2D eigenvalue weighted by Crippen LogP contribution is 2.73. The lowest BCUT2D eigenvalue weighted by molar-refractivity contribution is -0.158. The summed E-state index contributed by atoms with van der Waals surface area (Å²) >= 11 is 0. The van der Waals surface area contributed by atoms with Gasteiger partial charge in [-0.15, -0.1) is 0 Å². The van der Waals surface area contributed by atoms with Crippen molar-refractivity contribution in [1.82, 2.24) is 0 Å². The minimum absolute atomic E-state index is 0.257. The molecule has 0 amide bonds. The first-order valence-electron chi connectivity index (χ1n) is 13.3. The van der Waals surface area contributed by atoms with E-state index in [9.17, 15) is 5.11 Å². The van der Waals surface area contributed by atoms with Crippen LogP contribution in [-0.4, -0.2) is 11.7 Å². The summed E-state index contributed by atoms with van der Waals surface area (Å²) in [6.45, 7) is 20.8. The Kier molecular flexibility index (Phi) is 5.61. The van der Waals surface area contributed by atoms with Gasteiger partial charge in [0, 0.05) is 6.61 Å². The normalized spacial score (nSPS) is 53.5. The average Bonchev–Trinajstić information content (AvgIpc) is 2.66. The second kappa shape index (κ2) is 7.36. The first-order valence-corrected chi connectivity index (χ1v) is 13.3. The lowest BCUT2D eigenvalue weighted by Crippen LogP contribution is -2.62. The van der Waals surface area contributed by atoms with Crippen molar-refractivity contribution < 1.29 is 5.11 Å². The quantitative estimate of drug-likeness (QED) is 0.466. The Morgan fingerprint density at radius 2 is 1.70 bits per heavy atom. The number of fused-ring (bicyclic) bond motifs is 5. The Bertz CT molecular complexity index is 692. The van der Waals surface area contributed by atoms with Crippen LogP contribution in [-0.2, 0) is 0 Å². The van der Waals surface area contributed by atoms with Crippen LogP contribution in [0.2, 0.25) is 0 Å². The van der Waals surface area contributed by atoms with Crippen molar-refractivity contribution in [3.63, 3.8) is 0 Å². The van der Waals surface area contributed by atoms with Crippen molar-refractivity contribution in [3.8, 4) is 0 Å². The highest BCUT2D eigenvalue weighted by atomic mass is 16.3. The molecule has 4 aliphatic rings. The molecule has 4 rings (SSSR count). The molecule has 1 nitrogen and oxygen atoms in total. The van der Waals surface area contributed by atoms with Crippen LogP contribution in [0.4, 0.5) is 0 Å². The minimum atomic E-state index is 0.257. The van der Waals surface area contributed by atoms with Gasteiger partial charge in [0.1, 0.15) is 0 Å². The van der Waals surface area contributed by atoms with E-state index in [-0.39, 0.29) is 5.41 Å². The summed E-state index contributed by atoms with van der Waals surface area (Å²) in [7, 11) is 0. The molecule has 0 spiro atoms. The number of aliphatic hydroxyl groups is 1. The Morgan fingerprint density at radius 3 is 2.33 bits per heavy atom. The van der Waals surface area contributed by atoms with E-state index in [1.165, 1.54) is 44.9 Å². The third-order valence-electron chi connectivity index (χ3n) is 12.2. The van der Waals surface area contributed by atoms with E-state index in [0.29, 0.717) is 34.7 Å². The Balaban J connectivity index is 1.80. The lowest BCUT2D eigenvalue weighted by Gasteiger charge is -2.69. The largest absolute Gasteiger partial charge is 0.396 e. The molecule has 0 heterocycles. The third kappa shape index (κ3) is 2.89. The summed E-state index contributed by atoms with van der Waals surface area (Å²) in [5.74, 6) is 4.60. The molecule has 30 heavy (non-hydrogen) atoms. The zero-order chi connectivity index (χ0) is 22.1. The van der Waals surface area contributed by atoms with Gasteiger partial charge in [-0.05, 0) is 109 Å². The van der Waals surface area contributed by atoms with Crippen LogP contribution in [0.15, 0.2) is 11.6 Å². The molecule has 0 aromatic rings. The van der Waals surface area contributed by atoms with Crippen molar-refractivity contribution in [3.05, 3.63) is 11.6 Å². The van der Waals surface area contributed by atoms with Crippen LogP contribution in [0.5, 0.6) is 0 Å². The van der Waals surface area contributed by atoms with Crippen LogP contribution in [0, 0.1) is 57.2 Å². The fourth-order valence-electron chi connectivity index (χ4n) is 9.94. The number of allylic oxidation sites excluding steroid dienone is 2. The van der Waals surface area contributed by atoms with E-state index in [1.807, 2.05) is 5.57 Å². The van der Waals surface area contributed by atoms with Gasteiger partial charge in [-0.3, -0.25) is 0 Å². The molecular formula is C29H50O. The summed E-state index contributed by atoms with van der Waals surface area (Å²) in [5, 5.41) is 10.1. The van der Waals surface area contributed by atoms with Crippen LogP contribution in [0.1, 0.15) is 107 Å². The van der Waals surface area contributed by atoms with E-state index in [4.69, 9.17) is 0 Å². The van der Waals surface area contributed by atoms with E-state index < -0.39 is 0 Å². The number of hydrogen-bond donors (Lipinski definition) is 1. The Labute approximate surface area is 187 Å². The molecule has 1 N–H and O–H groups in total. The SMILES string of the molecule is CC(C)[C@@H]1CC[C@]2(C)[C@H](CC=C3[C@H]4[C@@H](C)[C@H](C)CC[C@]4(C)CC[C@]32C)[C@@]1(C)CCO. The lowest BCUT2D eigenvalue weighted by atomic mass is 9.35. The van der Waals surface area contributed by atoms with Crippen LogP contribution < -0.4 is 0 Å². The van der Waals surface area contributed by atoms with Crippen molar-refractivity contribution in [2.75, 3.05) is 6.61 Å². The van der Waals surface area contributed by atoms with E-state index in [1.54, 1.807) is 0 Å². The second-order valence-electron chi connectivity index (χ2n) is 13.6. The highest BCUT2D eigenvalue weighted by molar-refractivity contribution is 5.33. The van der Waals surface area contributed by atoms with Gasteiger partial charge in [-0.2, -0.15) is 0 Å². The maximum Gasteiger partial charge on any atom is 0.0436 e. The van der Waals surface area contributed by atoms with Gasteiger partial charge >= 0.3 is 0 Å². The highest BCUT2D eigenvalue weighted by Gasteiger charge is 2.65. The van der Waals surface area contributed by atoms with E-state index in [0.717, 1.165) is 30.1 Å². The second-order valence-corrected chi connectivity index (χ2v) is 13.6. The van der Waals surface area contributed by atoms with Gasteiger partial charge in [0.05, 0.1) is 0 Å². The number of rotatable bonds is 3. The molecule has 0 aliphatic heterocycles. The molecular weight excluding hydrogens is 364 g/mol. The number of hydrogen-bond acceptors (Lipinski definition) is 1. The molecule has 0 unspecified atom stereocenters. The molecule has 3 saturated carbocycles. The zero-order valence-electron chi connectivity index (χ0n) is 21.4. The number of aliphatic hydroxyl groups excluding tert-OH is 1. The van der Waals surface area contributed by atoms with Crippen molar-refractivity contribution >= 4 is 0 Å². The fourth-order valence-corrected chi connectivity index (χ4v) is 9.94. The molecule has 3 fully saturated rings. The summed E-state index contributed by atoms with van der Waals surface area (Å²) < 4.78 is 0. The first-order chi connectivity index (χ1) is 13.9. The van der Waals surface area contributed by atoms with Crippen molar-refractivity contribution in [2.24, 2.45) is 57.2 Å².